The Morgan fingerprint density at radius 2 is 2.04 bits per heavy atom. The summed E-state index contributed by atoms with van der Waals surface area (Å²) >= 11 is 0. The molecule has 0 saturated carbocycles. The van der Waals surface area contributed by atoms with Crippen LogP contribution in [0.3, 0.4) is 0 Å². The van der Waals surface area contributed by atoms with Crippen LogP contribution in [0.25, 0.3) is 0 Å². The molecule has 0 spiro atoms. The smallest absolute Gasteiger partial charge is 0.251 e. The number of fused-ring (bicyclic) bond motifs is 1. The number of rotatable bonds is 5. The van der Waals surface area contributed by atoms with Crippen LogP contribution in [0.4, 0.5) is 5.69 Å². The summed E-state index contributed by atoms with van der Waals surface area (Å²) in [5.74, 6) is 0.809. The lowest BCUT2D eigenvalue weighted by Crippen LogP contribution is -2.37. The number of benzene rings is 2. The first-order chi connectivity index (χ1) is 12.7. The minimum atomic E-state index is -0.0576. The number of hydrogen-bond donors (Lipinski definition) is 1. The molecule has 2 heterocycles. The summed E-state index contributed by atoms with van der Waals surface area (Å²) in [6, 6.07) is 19.9. The topological polar surface area (TPSA) is 45.5 Å². The fraction of sp³-hybridized carbons (Fsp3) is 0.227. The summed E-state index contributed by atoms with van der Waals surface area (Å²) in [6.07, 6.45) is 2.70. The van der Waals surface area contributed by atoms with E-state index in [-0.39, 0.29) is 11.9 Å². The van der Waals surface area contributed by atoms with Crippen LogP contribution < -0.4 is 10.2 Å². The Labute approximate surface area is 153 Å². The van der Waals surface area contributed by atoms with Crippen LogP contribution in [0.2, 0.25) is 0 Å². The lowest BCUT2D eigenvalue weighted by Gasteiger charge is -2.29. The quantitative estimate of drug-likeness (QED) is 0.756. The molecule has 4 rings (SSSR count). The van der Waals surface area contributed by atoms with Gasteiger partial charge in [0.05, 0.1) is 6.26 Å². The minimum Gasteiger partial charge on any atom is -0.467 e. The Morgan fingerprint density at radius 1 is 1.15 bits per heavy atom. The van der Waals surface area contributed by atoms with Gasteiger partial charge in [-0.05, 0) is 49.2 Å². The van der Waals surface area contributed by atoms with E-state index in [9.17, 15) is 4.79 Å². The number of carbonyl (C=O) groups is 1. The van der Waals surface area contributed by atoms with Gasteiger partial charge in [-0.25, -0.2) is 0 Å². The van der Waals surface area contributed by atoms with E-state index in [4.69, 9.17) is 4.42 Å². The van der Waals surface area contributed by atoms with Gasteiger partial charge >= 0.3 is 0 Å². The van der Waals surface area contributed by atoms with E-state index >= 15 is 0 Å². The number of carbonyl (C=O) groups excluding carboxylic acids is 1. The van der Waals surface area contributed by atoms with E-state index < -0.39 is 0 Å². The highest BCUT2D eigenvalue weighted by Gasteiger charge is 2.29. The predicted octanol–water partition coefficient (Wildman–Crippen LogP) is 4.12. The van der Waals surface area contributed by atoms with Crippen molar-refractivity contribution in [3.05, 3.63) is 89.4 Å². The number of nitrogens with zero attached hydrogens (tertiary/aromatic N) is 1. The first kappa shape index (κ1) is 16.5. The Morgan fingerprint density at radius 3 is 2.85 bits per heavy atom. The number of aryl methyl sites for hydroxylation is 1. The number of hydrogen-bond acceptors (Lipinski definition) is 3. The Bertz CT molecular complexity index is 902. The van der Waals surface area contributed by atoms with Crippen molar-refractivity contribution >= 4 is 11.6 Å². The number of para-hydroxylation sites is 1. The zero-order valence-electron chi connectivity index (χ0n) is 14.8. The van der Waals surface area contributed by atoms with Crippen LogP contribution in [0, 0.1) is 6.92 Å². The number of amides is 1. The largest absolute Gasteiger partial charge is 0.467 e. The van der Waals surface area contributed by atoms with Crippen LogP contribution in [-0.4, -0.2) is 19.0 Å². The van der Waals surface area contributed by atoms with Gasteiger partial charge in [0.25, 0.3) is 5.91 Å². The van der Waals surface area contributed by atoms with E-state index in [2.05, 4.69) is 34.5 Å². The third-order valence-corrected chi connectivity index (χ3v) is 4.91. The average Bonchev–Trinajstić information content (AvgIpc) is 3.32. The summed E-state index contributed by atoms with van der Waals surface area (Å²) in [7, 11) is 0. The highest BCUT2D eigenvalue weighted by Crippen LogP contribution is 2.34. The molecule has 0 aliphatic carbocycles. The lowest BCUT2D eigenvalue weighted by atomic mass is 10.1. The molecule has 1 N–H and O–H groups in total. The van der Waals surface area contributed by atoms with E-state index in [0.29, 0.717) is 12.1 Å². The Hall–Kier alpha value is -3.01. The predicted molar refractivity (Wildman–Crippen MR) is 102 cm³/mol. The molecule has 3 aromatic rings. The van der Waals surface area contributed by atoms with Gasteiger partial charge in [-0.3, -0.25) is 4.79 Å². The van der Waals surface area contributed by atoms with Gasteiger partial charge in [0.2, 0.25) is 0 Å². The van der Waals surface area contributed by atoms with Gasteiger partial charge in [-0.1, -0.05) is 35.9 Å². The van der Waals surface area contributed by atoms with Gasteiger partial charge < -0.3 is 14.6 Å². The van der Waals surface area contributed by atoms with Crippen LogP contribution >= 0.6 is 0 Å². The third-order valence-electron chi connectivity index (χ3n) is 4.91. The molecule has 1 atom stereocenters. The van der Waals surface area contributed by atoms with E-state index in [0.717, 1.165) is 24.3 Å². The number of furan rings is 1. The lowest BCUT2D eigenvalue weighted by molar-refractivity contribution is 0.0950. The second-order valence-corrected chi connectivity index (χ2v) is 6.68. The van der Waals surface area contributed by atoms with Crippen LogP contribution in [-0.2, 0) is 6.42 Å². The van der Waals surface area contributed by atoms with E-state index in [1.54, 1.807) is 6.26 Å². The molecule has 1 aliphatic heterocycles. The van der Waals surface area contributed by atoms with Crippen molar-refractivity contribution in [2.24, 2.45) is 0 Å². The van der Waals surface area contributed by atoms with Gasteiger partial charge in [0, 0.05) is 24.3 Å². The molecule has 0 saturated heterocycles. The molecular formula is C22H22N2O2. The van der Waals surface area contributed by atoms with Crippen molar-refractivity contribution < 1.29 is 9.21 Å². The van der Waals surface area contributed by atoms with Crippen molar-refractivity contribution in [2.45, 2.75) is 19.4 Å². The monoisotopic (exact) mass is 346 g/mol. The van der Waals surface area contributed by atoms with Crippen LogP contribution in [0.15, 0.2) is 71.3 Å². The normalized spacial score (nSPS) is 14.1. The molecule has 132 valence electrons. The number of anilines is 1. The molecule has 0 radical (unpaired) electrons. The fourth-order valence-electron chi connectivity index (χ4n) is 3.61. The van der Waals surface area contributed by atoms with Gasteiger partial charge in [-0.2, -0.15) is 0 Å². The second-order valence-electron chi connectivity index (χ2n) is 6.68. The molecule has 4 nitrogen and oxygen atoms in total. The first-order valence-electron chi connectivity index (χ1n) is 8.95. The zero-order chi connectivity index (χ0) is 17.9. The van der Waals surface area contributed by atoms with Gasteiger partial charge in [0.15, 0.2) is 0 Å². The number of nitrogens with one attached hydrogen (secondary N) is 1. The molecule has 1 aliphatic rings. The highest BCUT2D eigenvalue weighted by molar-refractivity contribution is 5.94. The summed E-state index contributed by atoms with van der Waals surface area (Å²) < 4.78 is 5.69. The zero-order valence-corrected chi connectivity index (χ0v) is 14.8. The molecule has 1 aromatic heterocycles. The fourth-order valence-corrected chi connectivity index (χ4v) is 3.61. The summed E-state index contributed by atoms with van der Waals surface area (Å²) in [5.41, 5.74) is 4.33. The molecular weight excluding hydrogens is 324 g/mol. The van der Waals surface area contributed by atoms with Crippen LogP contribution in [0.5, 0.6) is 0 Å². The molecule has 2 aromatic carbocycles. The van der Waals surface area contributed by atoms with Gasteiger partial charge in [-0.15, -0.1) is 0 Å². The first-order valence-corrected chi connectivity index (χ1v) is 8.95. The van der Waals surface area contributed by atoms with E-state index in [1.807, 2.05) is 43.3 Å². The molecule has 0 unspecified atom stereocenters. The van der Waals surface area contributed by atoms with Crippen LogP contribution in [0.1, 0.15) is 33.3 Å². The minimum absolute atomic E-state index is 0.0255. The summed E-state index contributed by atoms with van der Waals surface area (Å²) in [5, 5.41) is 3.08. The molecule has 4 heteroatoms. The molecule has 26 heavy (non-hydrogen) atoms. The molecule has 0 fully saturated rings. The standard InChI is InChI=1S/C22H22N2O2/c1-16-6-4-8-18(14-16)22(25)23-15-20(21-10-5-13-26-21)24-12-11-17-7-2-3-9-19(17)24/h2-10,13-14,20H,11-12,15H2,1H3,(H,23,25)/t20-/m0/s1. The SMILES string of the molecule is Cc1cccc(C(=O)NC[C@@H](c2ccco2)N2CCc3ccccc32)c1. The van der Waals surface area contributed by atoms with Crippen molar-refractivity contribution in [3.63, 3.8) is 0 Å². The molecule has 1 amide bonds. The van der Waals surface area contributed by atoms with Gasteiger partial charge in [0.1, 0.15) is 11.8 Å². The summed E-state index contributed by atoms with van der Waals surface area (Å²) in [4.78, 5) is 14.9. The van der Waals surface area contributed by atoms with Crippen molar-refractivity contribution in [3.8, 4) is 0 Å². The second kappa shape index (κ2) is 7.08. The van der Waals surface area contributed by atoms with Crippen molar-refractivity contribution in [2.75, 3.05) is 18.0 Å². The van der Waals surface area contributed by atoms with Crippen molar-refractivity contribution in [1.29, 1.82) is 0 Å². The van der Waals surface area contributed by atoms with E-state index in [1.165, 1.54) is 11.3 Å². The average molecular weight is 346 g/mol. The third kappa shape index (κ3) is 3.23. The Kier molecular flexibility index (Phi) is 4.48. The maximum Gasteiger partial charge on any atom is 0.251 e. The van der Waals surface area contributed by atoms with Crippen molar-refractivity contribution in [1.82, 2.24) is 5.32 Å². The maximum absolute atomic E-state index is 12.6. The maximum atomic E-state index is 12.6. The molecule has 0 bridgehead atoms. The highest BCUT2D eigenvalue weighted by atomic mass is 16.3. The Balaban J connectivity index is 1.55. The summed E-state index contributed by atoms with van der Waals surface area (Å²) in [6.45, 7) is 3.41.